The van der Waals surface area contributed by atoms with Gasteiger partial charge in [0.2, 0.25) is 0 Å². The molecule has 0 aromatic heterocycles. The van der Waals surface area contributed by atoms with Gasteiger partial charge in [0.05, 0.1) is 0 Å². The quantitative estimate of drug-likeness (QED) is 0.319. The van der Waals surface area contributed by atoms with Crippen LogP contribution in [-0.2, 0) is 0 Å². The monoisotopic (exact) mass is 288 g/mol. The third kappa shape index (κ3) is 29.4. The molecule has 0 nitrogen and oxygen atoms in total. The minimum Gasteiger partial charge on any atom is -0.0874 e. The normalized spacial score (nSPS) is 10.1. The summed E-state index contributed by atoms with van der Waals surface area (Å²) in [6.07, 6.45) is 14.4. The largest absolute Gasteiger partial charge is 0.180 e. The van der Waals surface area contributed by atoms with E-state index in [9.17, 15) is 0 Å². The van der Waals surface area contributed by atoms with Gasteiger partial charge in [-0.05, 0) is 0 Å². The van der Waals surface area contributed by atoms with Crippen LogP contribution in [0.2, 0.25) is 0 Å². The molecule has 0 heterocycles. The molecule has 0 aliphatic heterocycles. The number of hydrogen-bond donors (Lipinski definition) is 0. The molecule has 0 aliphatic carbocycles. The van der Waals surface area contributed by atoms with Crippen molar-refractivity contribution in [2.75, 3.05) is 0 Å². The molecule has 100 valence electrons. The molecular formula is C13H27Cl3. The molecule has 0 fully saturated rings. The number of unbranched alkanes of at least 4 members (excludes halogenated alkanes) is 9. The Morgan fingerprint density at radius 3 is 0.938 bits per heavy atom. The first-order chi connectivity index (χ1) is 7.65. The molecule has 0 atom stereocenters. The highest BCUT2D eigenvalue weighted by atomic mass is 35.6. The highest BCUT2D eigenvalue weighted by Gasteiger charge is 1.90. The Labute approximate surface area is 117 Å². The molecule has 0 aromatic carbocycles. The Balaban J connectivity index is 0. The molecule has 0 bridgehead atoms. The van der Waals surface area contributed by atoms with Crippen molar-refractivity contribution >= 4 is 34.8 Å². The molecule has 0 amide bonds. The lowest BCUT2D eigenvalue weighted by Gasteiger charge is -1.99. The molecule has 0 aliphatic rings. The third-order valence-corrected chi connectivity index (χ3v) is 2.46. The summed E-state index contributed by atoms with van der Waals surface area (Å²) in [5.41, 5.74) is 0. The van der Waals surface area contributed by atoms with Crippen LogP contribution in [0.25, 0.3) is 0 Å². The van der Waals surface area contributed by atoms with Gasteiger partial charge in [-0.25, -0.2) is 0 Å². The van der Waals surface area contributed by atoms with Crippen LogP contribution in [0.15, 0.2) is 0 Å². The first kappa shape index (κ1) is 19.2. The predicted octanol–water partition coefficient (Wildman–Crippen LogP) is 6.91. The van der Waals surface area contributed by atoms with Crippen LogP contribution in [-0.4, -0.2) is 4.30 Å². The Morgan fingerprint density at radius 1 is 0.562 bits per heavy atom. The van der Waals surface area contributed by atoms with E-state index in [1.54, 1.807) is 0 Å². The van der Waals surface area contributed by atoms with Gasteiger partial charge in [-0.15, -0.1) is 0 Å². The van der Waals surface area contributed by atoms with Crippen molar-refractivity contribution in [2.24, 2.45) is 0 Å². The van der Waals surface area contributed by atoms with Crippen LogP contribution < -0.4 is 0 Å². The second-order valence-corrected chi connectivity index (χ2v) is 6.06. The highest BCUT2D eigenvalue weighted by molar-refractivity contribution is 6.63. The van der Waals surface area contributed by atoms with Crippen LogP contribution in [0.3, 0.4) is 0 Å². The number of halogens is 3. The molecule has 0 radical (unpaired) electrons. The second-order valence-electron chi connectivity index (χ2n) is 4.08. The molecule has 0 spiro atoms. The molecule has 0 saturated carbocycles. The van der Waals surface area contributed by atoms with E-state index in [-0.39, 0.29) is 0 Å². The van der Waals surface area contributed by atoms with Gasteiger partial charge < -0.3 is 0 Å². The average Bonchev–Trinajstić information content (AvgIpc) is 2.21. The summed E-state index contributed by atoms with van der Waals surface area (Å²) in [6.45, 7) is 4.56. The van der Waals surface area contributed by atoms with Gasteiger partial charge in [-0.1, -0.05) is 113 Å². The Kier molecular flexibility index (Phi) is 21.9. The van der Waals surface area contributed by atoms with E-state index < -0.39 is 4.30 Å². The van der Waals surface area contributed by atoms with E-state index in [0.29, 0.717) is 0 Å². The Bertz CT molecular complexity index is 92.6. The fourth-order valence-corrected chi connectivity index (χ4v) is 1.56. The average molecular weight is 290 g/mol. The lowest BCUT2D eigenvalue weighted by atomic mass is 10.1. The maximum Gasteiger partial charge on any atom is 0.180 e. The van der Waals surface area contributed by atoms with Gasteiger partial charge in [0.25, 0.3) is 0 Å². The summed E-state index contributed by atoms with van der Waals surface area (Å²) in [5, 5.41) is 0. The van der Waals surface area contributed by atoms with Crippen molar-refractivity contribution in [1.29, 1.82) is 0 Å². The summed E-state index contributed by atoms with van der Waals surface area (Å²) in [4.78, 5) is 0. The van der Waals surface area contributed by atoms with Crippen molar-refractivity contribution < 1.29 is 0 Å². The zero-order valence-corrected chi connectivity index (χ0v) is 13.1. The van der Waals surface area contributed by atoms with Crippen molar-refractivity contribution in [3.05, 3.63) is 0 Å². The first-order valence-corrected chi connectivity index (χ1v) is 7.88. The highest BCUT2D eigenvalue weighted by Crippen LogP contribution is 2.09. The van der Waals surface area contributed by atoms with Crippen LogP contribution in [0.1, 0.15) is 78.1 Å². The zero-order valence-electron chi connectivity index (χ0n) is 10.8. The van der Waals surface area contributed by atoms with Crippen LogP contribution in [0.4, 0.5) is 0 Å². The smallest absolute Gasteiger partial charge is 0.0874 e. The number of alkyl halides is 3. The summed E-state index contributed by atoms with van der Waals surface area (Å²) in [5.74, 6) is 0. The SMILES string of the molecule is CCCCCCCCCCCC.ClC(Cl)Cl. The fourth-order valence-electron chi connectivity index (χ4n) is 1.56. The Morgan fingerprint density at radius 2 is 0.750 bits per heavy atom. The molecular weight excluding hydrogens is 263 g/mol. The minimum absolute atomic E-state index is 0.750. The van der Waals surface area contributed by atoms with Crippen molar-refractivity contribution in [2.45, 2.75) is 82.4 Å². The molecule has 0 unspecified atom stereocenters. The van der Waals surface area contributed by atoms with E-state index in [1.165, 1.54) is 64.2 Å². The van der Waals surface area contributed by atoms with Crippen LogP contribution in [0, 0.1) is 0 Å². The van der Waals surface area contributed by atoms with Gasteiger partial charge >= 0.3 is 0 Å². The maximum absolute atomic E-state index is 4.81. The lowest BCUT2D eigenvalue weighted by Crippen LogP contribution is -1.80. The minimum atomic E-state index is -0.750. The summed E-state index contributed by atoms with van der Waals surface area (Å²) in [6, 6.07) is 0. The van der Waals surface area contributed by atoms with Crippen LogP contribution >= 0.6 is 34.8 Å². The van der Waals surface area contributed by atoms with Gasteiger partial charge in [-0.3, -0.25) is 0 Å². The second kappa shape index (κ2) is 18.2. The molecule has 3 heteroatoms. The number of hydrogen-bond acceptors (Lipinski definition) is 0. The summed E-state index contributed by atoms with van der Waals surface area (Å²) in [7, 11) is 0. The van der Waals surface area contributed by atoms with Crippen molar-refractivity contribution in [3.8, 4) is 0 Å². The topological polar surface area (TPSA) is 0 Å². The van der Waals surface area contributed by atoms with E-state index >= 15 is 0 Å². The van der Waals surface area contributed by atoms with Gasteiger partial charge in [0.15, 0.2) is 4.30 Å². The summed E-state index contributed by atoms with van der Waals surface area (Å²) < 4.78 is -0.750. The Hall–Kier alpha value is 0.870. The van der Waals surface area contributed by atoms with Gasteiger partial charge in [0.1, 0.15) is 0 Å². The molecule has 0 rings (SSSR count). The lowest BCUT2D eigenvalue weighted by molar-refractivity contribution is 0.562. The van der Waals surface area contributed by atoms with E-state index in [0.717, 1.165) is 0 Å². The van der Waals surface area contributed by atoms with E-state index in [2.05, 4.69) is 13.8 Å². The molecule has 0 aromatic rings. The summed E-state index contributed by atoms with van der Waals surface area (Å²) >= 11 is 14.4. The number of rotatable bonds is 9. The molecule has 0 N–H and O–H groups in total. The molecule has 0 saturated heterocycles. The van der Waals surface area contributed by atoms with Crippen molar-refractivity contribution in [3.63, 3.8) is 0 Å². The zero-order chi connectivity index (χ0) is 12.6. The van der Waals surface area contributed by atoms with Crippen molar-refractivity contribution in [1.82, 2.24) is 0 Å². The van der Waals surface area contributed by atoms with E-state index in [1.807, 2.05) is 0 Å². The van der Waals surface area contributed by atoms with Gasteiger partial charge in [0, 0.05) is 0 Å². The fraction of sp³-hybridized carbons (Fsp3) is 1.00. The standard InChI is InChI=1S/C12H26.CHCl3/c1-3-5-7-9-11-12-10-8-6-4-2;2-1(3)4/h3-12H2,1-2H3;1H. The molecule has 16 heavy (non-hydrogen) atoms. The maximum atomic E-state index is 4.81. The predicted molar refractivity (Wildman–Crippen MR) is 78.9 cm³/mol. The first-order valence-electron chi connectivity index (χ1n) is 6.57. The third-order valence-electron chi connectivity index (χ3n) is 2.46. The van der Waals surface area contributed by atoms with Crippen LogP contribution in [0.5, 0.6) is 0 Å². The van der Waals surface area contributed by atoms with Gasteiger partial charge in [-0.2, -0.15) is 0 Å². The van der Waals surface area contributed by atoms with E-state index in [4.69, 9.17) is 34.8 Å².